The Bertz CT molecular complexity index is 624. The van der Waals surface area contributed by atoms with Gasteiger partial charge in [-0.15, -0.1) is 0 Å². The molecule has 0 spiro atoms. The predicted octanol–water partition coefficient (Wildman–Crippen LogP) is -3.94. The molecule has 2 aliphatic heterocycles. The Hall–Kier alpha value is -1.01. The Morgan fingerprint density at radius 2 is 1.17 bits per heavy atom. The SMILES string of the molecule is CCCCC(CCO[C@H]1O[C@H](CO)[C@@H](O)[C@H](O)[C@@H]1O)(CCO[C@H]1O[C@H](CO)[C@@H](O)[C@H](O)[C@@H]1O)C(N)=O. The summed E-state index contributed by atoms with van der Waals surface area (Å²) in [6, 6.07) is 0. The number of aliphatic hydroxyl groups excluding tert-OH is 8. The topological polar surface area (TPSA) is 242 Å². The van der Waals surface area contributed by atoms with E-state index in [0.717, 1.165) is 6.42 Å². The number of carbonyl (C=O) groups is 1. The highest BCUT2D eigenvalue weighted by molar-refractivity contribution is 5.80. The maximum absolute atomic E-state index is 12.5. The molecule has 0 aliphatic carbocycles. The summed E-state index contributed by atoms with van der Waals surface area (Å²) in [5, 5.41) is 78.5. The molecule has 0 unspecified atom stereocenters. The molecule has 36 heavy (non-hydrogen) atoms. The van der Waals surface area contributed by atoms with Crippen LogP contribution in [0.15, 0.2) is 0 Å². The number of hydrogen-bond donors (Lipinski definition) is 9. The second kappa shape index (κ2) is 14.2. The highest BCUT2D eigenvalue weighted by Gasteiger charge is 2.46. The van der Waals surface area contributed by atoms with Crippen molar-refractivity contribution in [3.05, 3.63) is 0 Å². The van der Waals surface area contributed by atoms with E-state index in [1.165, 1.54) is 0 Å². The molecule has 14 nitrogen and oxygen atoms in total. The van der Waals surface area contributed by atoms with Gasteiger partial charge in [0.1, 0.15) is 48.8 Å². The number of amides is 1. The molecule has 0 saturated carbocycles. The number of hydrogen-bond acceptors (Lipinski definition) is 13. The van der Waals surface area contributed by atoms with E-state index >= 15 is 0 Å². The van der Waals surface area contributed by atoms with Gasteiger partial charge in [0.25, 0.3) is 0 Å². The standard InChI is InChI=1S/C22H41NO13/c1-2-3-4-22(21(23)32,5-7-33-19-17(30)15(28)13(26)11(9-24)35-19)6-8-34-20-18(31)16(29)14(27)12(10-25)36-20/h11-20,24-31H,2-10H2,1H3,(H2,23,32)/t11-,12-,13-,14-,15+,16+,17+,18+,19+,20+/m1/s1. The zero-order chi connectivity index (χ0) is 27.0. The molecule has 1 amide bonds. The van der Waals surface area contributed by atoms with Crippen LogP contribution in [0.1, 0.15) is 39.0 Å². The van der Waals surface area contributed by atoms with Gasteiger partial charge in [0.2, 0.25) is 5.91 Å². The van der Waals surface area contributed by atoms with Crippen LogP contribution in [-0.2, 0) is 23.7 Å². The van der Waals surface area contributed by atoms with Gasteiger partial charge in [0, 0.05) is 0 Å². The fourth-order valence-electron chi connectivity index (χ4n) is 4.41. The van der Waals surface area contributed by atoms with Crippen LogP contribution in [0, 0.1) is 5.41 Å². The van der Waals surface area contributed by atoms with Gasteiger partial charge >= 0.3 is 0 Å². The molecule has 0 bridgehead atoms. The van der Waals surface area contributed by atoms with Gasteiger partial charge in [-0.05, 0) is 19.3 Å². The minimum absolute atomic E-state index is 0.0788. The van der Waals surface area contributed by atoms with Gasteiger partial charge in [0.15, 0.2) is 12.6 Å². The summed E-state index contributed by atoms with van der Waals surface area (Å²) in [4.78, 5) is 12.5. The van der Waals surface area contributed by atoms with Gasteiger partial charge in [0.05, 0.1) is 31.8 Å². The maximum Gasteiger partial charge on any atom is 0.223 e. The Balaban J connectivity index is 2.01. The van der Waals surface area contributed by atoms with Crippen LogP contribution in [0.3, 0.4) is 0 Å². The molecule has 2 rings (SSSR count). The van der Waals surface area contributed by atoms with Gasteiger partial charge in [-0.2, -0.15) is 0 Å². The van der Waals surface area contributed by atoms with Crippen LogP contribution in [0.5, 0.6) is 0 Å². The monoisotopic (exact) mass is 527 g/mol. The fourth-order valence-corrected chi connectivity index (χ4v) is 4.41. The lowest BCUT2D eigenvalue weighted by atomic mass is 9.76. The van der Waals surface area contributed by atoms with E-state index in [9.17, 15) is 45.6 Å². The highest BCUT2D eigenvalue weighted by atomic mass is 16.7. The second-order valence-electron chi connectivity index (χ2n) is 9.38. The zero-order valence-electron chi connectivity index (χ0n) is 20.3. The second-order valence-corrected chi connectivity index (χ2v) is 9.38. The van der Waals surface area contributed by atoms with Gasteiger partial charge in [-0.1, -0.05) is 19.8 Å². The molecule has 10 atom stereocenters. The number of nitrogens with two attached hydrogens (primary N) is 1. The third-order valence-corrected chi connectivity index (χ3v) is 6.95. The van der Waals surface area contributed by atoms with E-state index in [0.29, 0.717) is 12.8 Å². The maximum atomic E-state index is 12.5. The molecular weight excluding hydrogens is 486 g/mol. The van der Waals surface area contributed by atoms with Crippen LogP contribution in [-0.4, -0.2) is 135 Å². The van der Waals surface area contributed by atoms with E-state index < -0.39 is 85.9 Å². The van der Waals surface area contributed by atoms with Crippen molar-refractivity contribution >= 4 is 5.91 Å². The average Bonchev–Trinajstić information content (AvgIpc) is 2.86. The molecule has 14 heteroatoms. The number of primary amides is 1. The normalized spacial score (nSPS) is 37.7. The first-order chi connectivity index (χ1) is 17.0. The first-order valence-electron chi connectivity index (χ1n) is 12.2. The fraction of sp³-hybridized carbons (Fsp3) is 0.955. The molecule has 10 N–H and O–H groups in total. The Morgan fingerprint density at radius 3 is 1.50 bits per heavy atom. The van der Waals surface area contributed by atoms with E-state index in [1.54, 1.807) is 0 Å². The van der Waals surface area contributed by atoms with Crippen molar-refractivity contribution in [2.45, 2.75) is 100 Å². The number of rotatable bonds is 14. The Kier molecular flexibility index (Phi) is 12.3. The van der Waals surface area contributed by atoms with Crippen molar-refractivity contribution < 1.29 is 64.6 Å². The third kappa shape index (κ3) is 7.30. The third-order valence-electron chi connectivity index (χ3n) is 6.95. The highest BCUT2D eigenvalue weighted by Crippen LogP contribution is 2.34. The lowest BCUT2D eigenvalue weighted by Crippen LogP contribution is -2.59. The number of aliphatic hydroxyl groups is 8. The summed E-state index contributed by atoms with van der Waals surface area (Å²) in [5.41, 5.74) is 4.62. The van der Waals surface area contributed by atoms with Crippen LogP contribution < -0.4 is 5.73 Å². The summed E-state index contributed by atoms with van der Waals surface area (Å²) >= 11 is 0. The molecule has 2 fully saturated rings. The van der Waals surface area contributed by atoms with E-state index in [4.69, 9.17) is 24.7 Å². The Labute approximate surface area is 209 Å². The molecule has 2 aliphatic rings. The smallest absolute Gasteiger partial charge is 0.223 e. The molecule has 0 aromatic rings. The average molecular weight is 528 g/mol. The van der Waals surface area contributed by atoms with Gasteiger partial charge in [-0.25, -0.2) is 0 Å². The summed E-state index contributed by atoms with van der Waals surface area (Å²) in [6.45, 7) is 0.453. The minimum Gasteiger partial charge on any atom is -0.394 e. The molecule has 212 valence electrons. The van der Waals surface area contributed by atoms with E-state index in [-0.39, 0.29) is 26.1 Å². The molecule has 2 heterocycles. The molecular formula is C22H41NO13. The van der Waals surface area contributed by atoms with Crippen molar-refractivity contribution in [2.24, 2.45) is 11.1 Å². The lowest BCUT2D eigenvalue weighted by Gasteiger charge is -2.40. The summed E-state index contributed by atoms with van der Waals surface area (Å²) in [5.74, 6) is -0.634. The largest absolute Gasteiger partial charge is 0.394 e. The summed E-state index contributed by atoms with van der Waals surface area (Å²) in [6.07, 6.45) is -12.5. The van der Waals surface area contributed by atoms with Crippen LogP contribution in [0.25, 0.3) is 0 Å². The van der Waals surface area contributed by atoms with Crippen molar-refractivity contribution in [3.8, 4) is 0 Å². The van der Waals surface area contributed by atoms with Crippen LogP contribution in [0.2, 0.25) is 0 Å². The first-order valence-corrected chi connectivity index (χ1v) is 12.2. The predicted molar refractivity (Wildman–Crippen MR) is 120 cm³/mol. The molecule has 0 radical (unpaired) electrons. The van der Waals surface area contributed by atoms with Crippen molar-refractivity contribution in [3.63, 3.8) is 0 Å². The van der Waals surface area contributed by atoms with Crippen LogP contribution >= 0.6 is 0 Å². The summed E-state index contributed by atoms with van der Waals surface area (Å²) in [7, 11) is 0. The lowest BCUT2D eigenvalue weighted by molar-refractivity contribution is -0.303. The zero-order valence-corrected chi connectivity index (χ0v) is 20.3. The Morgan fingerprint density at radius 1 is 0.750 bits per heavy atom. The number of unbranched alkanes of at least 4 members (excludes halogenated alkanes) is 1. The van der Waals surface area contributed by atoms with Crippen molar-refractivity contribution in [1.29, 1.82) is 0 Å². The number of ether oxygens (including phenoxy) is 4. The summed E-state index contributed by atoms with van der Waals surface area (Å²) < 4.78 is 21.7. The van der Waals surface area contributed by atoms with E-state index in [1.807, 2.05) is 6.92 Å². The van der Waals surface area contributed by atoms with E-state index in [2.05, 4.69) is 0 Å². The van der Waals surface area contributed by atoms with Crippen molar-refractivity contribution in [2.75, 3.05) is 26.4 Å². The van der Waals surface area contributed by atoms with Gasteiger partial charge < -0.3 is 65.5 Å². The first kappa shape index (κ1) is 31.2. The number of carbonyl (C=O) groups excluding carboxylic acids is 1. The minimum atomic E-state index is -1.60. The van der Waals surface area contributed by atoms with Gasteiger partial charge in [-0.3, -0.25) is 4.79 Å². The molecule has 0 aromatic heterocycles. The molecule has 0 aromatic carbocycles. The quantitative estimate of drug-likeness (QED) is 0.105. The van der Waals surface area contributed by atoms with Crippen molar-refractivity contribution in [1.82, 2.24) is 0 Å². The molecule has 2 saturated heterocycles. The van der Waals surface area contributed by atoms with Crippen LogP contribution in [0.4, 0.5) is 0 Å².